The molecule has 8 nitrogen and oxygen atoms in total. The first-order valence-corrected chi connectivity index (χ1v) is 11.5. The molecule has 100 valence electrons. The van der Waals surface area contributed by atoms with Crippen LogP contribution >= 0.6 is 37.2 Å². The Hall–Kier alpha value is 0.553. The van der Waals surface area contributed by atoms with E-state index in [1.807, 2.05) is 0 Å². The number of rotatable bonds is 0. The Bertz CT molecular complexity index is 250. The van der Waals surface area contributed by atoms with Crippen LogP contribution in [0, 0.1) is 0 Å². The van der Waals surface area contributed by atoms with Gasteiger partial charge in [0.2, 0.25) is 0 Å². The summed E-state index contributed by atoms with van der Waals surface area (Å²) in [6, 6.07) is 0. The fraction of sp³-hybridized carbons (Fsp3) is 0. The van der Waals surface area contributed by atoms with Gasteiger partial charge in [-0.25, -0.2) is 0 Å². The second-order valence-corrected chi connectivity index (χ2v) is 17.1. The summed E-state index contributed by atoms with van der Waals surface area (Å²) in [5, 5.41) is 35.7. The molecule has 0 rings (SSSR count). The summed E-state index contributed by atoms with van der Waals surface area (Å²) < 4.78 is 0. The first-order chi connectivity index (χ1) is 7.29. The summed E-state index contributed by atoms with van der Waals surface area (Å²) in [7, 11) is 20.1. The Morgan fingerprint density at radius 3 is 0.667 bits per heavy atom. The maximum atomic E-state index is 8.93. The number of aliphatic carboxylic acids is 4. The quantitative estimate of drug-likeness (QED) is 0.245. The molecule has 14 heteroatoms. The average molecular weight is 484 g/mol. The minimum absolute atomic E-state index is 0. The van der Waals surface area contributed by atoms with E-state index in [1.54, 1.807) is 0 Å². The predicted molar refractivity (Wildman–Crippen MR) is 49.2 cm³/mol. The molecular formula is C4Cl4O8SnTi. The third-order valence-electron chi connectivity index (χ3n) is 0.333. The van der Waals surface area contributed by atoms with Crippen LogP contribution in [-0.2, 0) is 31.5 Å². The zero-order chi connectivity index (χ0) is 14.8. The van der Waals surface area contributed by atoms with E-state index in [9.17, 15) is 0 Å². The summed E-state index contributed by atoms with van der Waals surface area (Å²) in [6.07, 6.45) is 0. The molecule has 0 saturated carbocycles. The average Bonchev–Trinajstić information content (AvgIpc) is 2.01. The van der Waals surface area contributed by atoms with E-state index >= 15 is 0 Å². The number of hydrogen-bond acceptors (Lipinski definition) is 8. The second-order valence-electron chi connectivity index (χ2n) is 1.58. The van der Waals surface area contributed by atoms with Crippen molar-refractivity contribution in [1.29, 1.82) is 0 Å². The fourth-order valence-electron chi connectivity index (χ4n) is 0. The zero-order valence-electron chi connectivity index (χ0n) is 7.78. The van der Waals surface area contributed by atoms with Crippen molar-refractivity contribution in [2.24, 2.45) is 0 Å². The summed E-state index contributed by atoms with van der Waals surface area (Å²) in [4.78, 5) is 35.7. The Morgan fingerprint density at radius 2 is 0.667 bits per heavy atom. The number of carboxylic acid groups (broad SMARTS) is 4. The van der Waals surface area contributed by atoms with Crippen molar-refractivity contribution < 1.29 is 51.9 Å². The first-order valence-electron chi connectivity index (χ1n) is 2.89. The molecule has 18 heavy (non-hydrogen) atoms. The first kappa shape index (κ1) is 27.0. The van der Waals surface area contributed by atoms with Gasteiger partial charge < -0.3 is 39.6 Å². The van der Waals surface area contributed by atoms with Crippen LogP contribution in [0.4, 0.5) is 0 Å². The third-order valence-corrected chi connectivity index (χ3v) is 0.333. The van der Waals surface area contributed by atoms with Crippen molar-refractivity contribution >= 4 is 85.0 Å². The molecular weight excluding hydrogens is 484 g/mol. The second kappa shape index (κ2) is 14.0. The molecule has 0 saturated heterocycles. The van der Waals surface area contributed by atoms with E-state index < -0.39 is 36.2 Å². The maximum Gasteiger partial charge on any atom is 4.00 e. The van der Waals surface area contributed by atoms with Crippen LogP contribution in [0.25, 0.3) is 0 Å². The van der Waals surface area contributed by atoms with Crippen LogP contribution < -0.4 is 20.4 Å². The van der Waals surface area contributed by atoms with Gasteiger partial charge in [0.05, 0.1) is 23.9 Å². The number of carbonyl (C=O) groups excluding carboxylic acids is 4. The van der Waals surface area contributed by atoms with Crippen LogP contribution in [0.3, 0.4) is 0 Å². The van der Waals surface area contributed by atoms with Crippen molar-refractivity contribution in [3.8, 4) is 0 Å². The molecule has 0 amide bonds. The van der Waals surface area contributed by atoms with E-state index in [4.69, 9.17) is 76.8 Å². The van der Waals surface area contributed by atoms with E-state index in [0.717, 1.165) is 0 Å². The Labute approximate surface area is 136 Å². The molecule has 0 aliphatic heterocycles. The van der Waals surface area contributed by atoms with Gasteiger partial charge in [0, 0.05) is 0 Å². The largest absolute Gasteiger partial charge is 4.00 e. The molecule has 0 N–H and O–H groups in total. The number of hydrogen-bond donors (Lipinski definition) is 0. The Balaban J connectivity index is -0.0000000799. The van der Waals surface area contributed by atoms with Gasteiger partial charge in [0.15, 0.2) is 0 Å². The maximum absolute atomic E-state index is 8.93. The molecule has 0 heterocycles. The fourth-order valence-corrected chi connectivity index (χ4v) is 0. The molecule has 0 spiro atoms. The smallest absolute Gasteiger partial charge is 4.00 e. The predicted octanol–water partition coefficient (Wildman–Crippen LogP) is -4.65. The molecule has 0 atom stereocenters. The van der Waals surface area contributed by atoms with Gasteiger partial charge in [0.1, 0.15) is 0 Å². The van der Waals surface area contributed by atoms with Crippen LogP contribution in [0.15, 0.2) is 0 Å². The van der Waals surface area contributed by atoms with Crippen molar-refractivity contribution in [2.45, 2.75) is 0 Å². The SMILES string of the molecule is O=C([O-])C(=O)[O-].O=C([O-])C(=O)[O-].[Cl][Ti]([Cl])([Cl])[Cl].[Sn+4]. The molecule has 0 bridgehead atoms. The molecule has 0 unspecified atom stereocenters. The summed E-state index contributed by atoms with van der Waals surface area (Å²) in [5.74, 6) is -8.74. The molecule has 0 aromatic rings. The standard InChI is InChI=1S/2C2H2O4.4ClH.Sn.Ti/c2*3-1(4)2(5)6;;;;;;/h2*(H,3,4)(H,5,6);4*1H;;/q;;;;;;2*+4/p-8. The zero-order valence-corrected chi connectivity index (χ0v) is 15.2. The van der Waals surface area contributed by atoms with Crippen molar-refractivity contribution in [1.82, 2.24) is 0 Å². The van der Waals surface area contributed by atoms with Crippen LogP contribution in [0.5, 0.6) is 0 Å². The van der Waals surface area contributed by atoms with Crippen LogP contribution in [-0.4, -0.2) is 47.8 Å². The molecule has 0 aliphatic rings. The van der Waals surface area contributed by atoms with E-state index in [1.165, 1.54) is 0 Å². The third kappa shape index (κ3) is 54.7. The molecule has 0 fully saturated rings. The van der Waals surface area contributed by atoms with Gasteiger partial charge in [-0.3, -0.25) is 0 Å². The van der Waals surface area contributed by atoms with Gasteiger partial charge in [-0.15, -0.1) is 0 Å². The summed E-state index contributed by atoms with van der Waals surface area (Å²) in [6.45, 7) is 0. The topological polar surface area (TPSA) is 161 Å². The number of carboxylic acids is 4. The Kier molecular flexibility index (Phi) is 21.0. The van der Waals surface area contributed by atoms with Crippen molar-refractivity contribution in [3.05, 3.63) is 0 Å². The molecule has 0 aliphatic carbocycles. The summed E-state index contributed by atoms with van der Waals surface area (Å²) in [5.41, 5.74) is 0. The van der Waals surface area contributed by atoms with Crippen molar-refractivity contribution in [2.75, 3.05) is 0 Å². The van der Waals surface area contributed by atoms with Crippen molar-refractivity contribution in [3.63, 3.8) is 0 Å². The normalized spacial score (nSPS) is 8.22. The van der Waals surface area contributed by atoms with Crippen LogP contribution in [0.2, 0.25) is 0 Å². The molecule has 0 aromatic heterocycles. The molecule has 0 aromatic carbocycles. The van der Waals surface area contributed by atoms with E-state index in [-0.39, 0.29) is 23.9 Å². The minimum atomic E-state index is -3.11. The van der Waals surface area contributed by atoms with E-state index in [0.29, 0.717) is 0 Å². The monoisotopic (exact) mass is 484 g/mol. The van der Waals surface area contributed by atoms with Gasteiger partial charge in [-0.2, -0.15) is 0 Å². The van der Waals surface area contributed by atoms with Gasteiger partial charge in [-0.1, -0.05) is 0 Å². The summed E-state index contributed by atoms with van der Waals surface area (Å²) >= 11 is -3.11. The van der Waals surface area contributed by atoms with Gasteiger partial charge in [0.25, 0.3) is 0 Å². The van der Waals surface area contributed by atoms with Gasteiger partial charge >= 0.3 is 73.5 Å². The van der Waals surface area contributed by atoms with Crippen LogP contribution in [0.1, 0.15) is 0 Å². The minimum Gasteiger partial charge on any atom is 4.00 e. The number of halogens is 4. The van der Waals surface area contributed by atoms with E-state index in [2.05, 4.69) is 0 Å². The number of carbonyl (C=O) groups is 4. The Morgan fingerprint density at radius 1 is 0.611 bits per heavy atom. The van der Waals surface area contributed by atoms with Gasteiger partial charge in [-0.05, 0) is 0 Å². The molecule has 0 radical (unpaired) electrons.